The number of nitrogens with one attached hydrogen (secondary N) is 1. The second-order valence-corrected chi connectivity index (χ2v) is 8.59. The van der Waals surface area contributed by atoms with E-state index in [0.717, 1.165) is 38.2 Å². The molecule has 2 heterocycles. The highest BCUT2D eigenvalue weighted by molar-refractivity contribution is 9.10. The van der Waals surface area contributed by atoms with Gasteiger partial charge in [0.25, 0.3) is 5.91 Å². The number of aryl methyl sites for hydroxylation is 4. The average Bonchev–Trinajstić information content (AvgIpc) is 3.19. The molecule has 0 unspecified atom stereocenters. The van der Waals surface area contributed by atoms with Crippen LogP contribution in [0.25, 0.3) is 11.1 Å². The summed E-state index contributed by atoms with van der Waals surface area (Å²) in [5.41, 5.74) is 6.48. The molecule has 0 radical (unpaired) electrons. The zero-order valence-electron chi connectivity index (χ0n) is 18.0. The Morgan fingerprint density at radius 2 is 1.77 bits per heavy atom. The topological polar surface area (TPSA) is 64.7 Å². The summed E-state index contributed by atoms with van der Waals surface area (Å²) < 4.78 is 4.66. The number of aromatic nitrogens is 4. The molecule has 0 bridgehead atoms. The minimum absolute atomic E-state index is 0.170. The maximum atomic E-state index is 13.1. The summed E-state index contributed by atoms with van der Waals surface area (Å²) in [5, 5.41) is 12.1. The van der Waals surface area contributed by atoms with Crippen LogP contribution >= 0.6 is 15.9 Å². The van der Waals surface area contributed by atoms with Crippen molar-refractivity contribution in [1.29, 1.82) is 0 Å². The standard InChI is InChI=1S/C24H24BrN5O/c1-15-12-16(2)30(27-15)14-18-6-5-7-20(13-18)24(31)26-23-22(17(3)28-29(23)4)19-8-10-21(25)11-9-19/h5-13H,14H2,1-4H3,(H,26,31). The minimum Gasteiger partial charge on any atom is -0.306 e. The van der Waals surface area contributed by atoms with Crippen LogP contribution in [0.4, 0.5) is 5.82 Å². The number of nitrogens with zero attached hydrogens (tertiary/aromatic N) is 4. The van der Waals surface area contributed by atoms with Gasteiger partial charge in [-0.15, -0.1) is 0 Å². The number of carbonyl (C=O) groups excluding carboxylic acids is 1. The van der Waals surface area contributed by atoms with E-state index in [9.17, 15) is 4.79 Å². The van der Waals surface area contributed by atoms with E-state index in [4.69, 9.17) is 0 Å². The van der Waals surface area contributed by atoms with E-state index < -0.39 is 0 Å². The molecule has 0 fully saturated rings. The Kier molecular flexibility index (Phi) is 5.78. The van der Waals surface area contributed by atoms with E-state index in [1.54, 1.807) is 4.68 Å². The molecular weight excluding hydrogens is 454 g/mol. The normalized spacial score (nSPS) is 11.0. The molecule has 0 aliphatic heterocycles. The first kappa shape index (κ1) is 21.1. The van der Waals surface area contributed by atoms with Crippen molar-refractivity contribution in [3.63, 3.8) is 0 Å². The molecule has 6 nitrogen and oxygen atoms in total. The minimum atomic E-state index is -0.170. The van der Waals surface area contributed by atoms with Gasteiger partial charge in [0.15, 0.2) is 0 Å². The Labute approximate surface area is 190 Å². The molecule has 31 heavy (non-hydrogen) atoms. The molecule has 158 valence electrons. The summed E-state index contributed by atoms with van der Waals surface area (Å²) in [6, 6.07) is 17.7. The van der Waals surface area contributed by atoms with Gasteiger partial charge in [0.05, 0.1) is 17.9 Å². The number of halogens is 1. The second-order valence-electron chi connectivity index (χ2n) is 7.68. The lowest BCUT2D eigenvalue weighted by Crippen LogP contribution is -2.16. The highest BCUT2D eigenvalue weighted by Crippen LogP contribution is 2.32. The average molecular weight is 478 g/mol. The molecule has 0 aliphatic carbocycles. The third-order valence-electron chi connectivity index (χ3n) is 5.21. The molecule has 2 aromatic heterocycles. The Balaban J connectivity index is 1.61. The predicted octanol–water partition coefficient (Wildman–Crippen LogP) is 5.27. The van der Waals surface area contributed by atoms with Gasteiger partial charge in [-0.1, -0.05) is 40.2 Å². The Morgan fingerprint density at radius 3 is 2.45 bits per heavy atom. The lowest BCUT2D eigenvalue weighted by molar-refractivity contribution is 0.102. The predicted molar refractivity (Wildman–Crippen MR) is 126 cm³/mol. The van der Waals surface area contributed by atoms with Gasteiger partial charge in [0.1, 0.15) is 5.82 Å². The van der Waals surface area contributed by atoms with Crippen molar-refractivity contribution in [2.45, 2.75) is 27.3 Å². The number of rotatable bonds is 5. The molecule has 1 N–H and O–H groups in total. The molecule has 0 saturated carbocycles. The maximum Gasteiger partial charge on any atom is 0.256 e. The molecule has 0 atom stereocenters. The highest BCUT2D eigenvalue weighted by atomic mass is 79.9. The molecule has 4 aromatic rings. The zero-order chi connectivity index (χ0) is 22.1. The monoisotopic (exact) mass is 477 g/mol. The van der Waals surface area contributed by atoms with Crippen molar-refractivity contribution in [2.75, 3.05) is 5.32 Å². The van der Waals surface area contributed by atoms with E-state index in [0.29, 0.717) is 17.9 Å². The van der Waals surface area contributed by atoms with Crippen LogP contribution in [-0.2, 0) is 13.6 Å². The Bertz CT molecular complexity index is 1250. The number of benzene rings is 2. The first-order valence-electron chi connectivity index (χ1n) is 10.0. The van der Waals surface area contributed by atoms with Gasteiger partial charge in [-0.05, 0) is 62.2 Å². The SMILES string of the molecule is Cc1cc(C)n(Cc2cccc(C(=O)Nc3c(-c4ccc(Br)cc4)c(C)nn3C)c2)n1. The van der Waals surface area contributed by atoms with Crippen LogP contribution in [0.5, 0.6) is 0 Å². The number of carbonyl (C=O) groups is 1. The highest BCUT2D eigenvalue weighted by Gasteiger charge is 2.18. The van der Waals surface area contributed by atoms with Crippen molar-refractivity contribution < 1.29 is 4.79 Å². The maximum absolute atomic E-state index is 13.1. The van der Waals surface area contributed by atoms with E-state index in [1.165, 1.54) is 0 Å². The number of amides is 1. The van der Waals surface area contributed by atoms with Gasteiger partial charge in [-0.3, -0.25) is 14.2 Å². The summed E-state index contributed by atoms with van der Waals surface area (Å²) in [7, 11) is 1.84. The van der Waals surface area contributed by atoms with Crippen LogP contribution in [0, 0.1) is 20.8 Å². The first-order valence-corrected chi connectivity index (χ1v) is 10.8. The summed E-state index contributed by atoms with van der Waals surface area (Å²) >= 11 is 3.47. The lowest BCUT2D eigenvalue weighted by atomic mass is 10.1. The third kappa shape index (κ3) is 4.46. The van der Waals surface area contributed by atoms with Crippen molar-refractivity contribution in [3.8, 4) is 11.1 Å². The molecule has 4 rings (SSSR count). The van der Waals surface area contributed by atoms with E-state index in [-0.39, 0.29) is 5.91 Å². The fourth-order valence-electron chi connectivity index (χ4n) is 3.76. The first-order chi connectivity index (χ1) is 14.8. The molecule has 2 aromatic carbocycles. The quantitative estimate of drug-likeness (QED) is 0.425. The number of hydrogen-bond acceptors (Lipinski definition) is 3. The van der Waals surface area contributed by atoms with Crippen LogP contribution in [0.2, 0.25) is 0 Å². The van der Waals surface area contributed by atoms with Gasteiger partial charge in [-0.25, -0.2) is 0 Å². The van der Waals surface area contributed by atoms with Crippen LogP contribution in [0.1, 0.15) is 33.0 Å². The van der Waals surface area contributed by atoms with Gasteiger partial charge < -0.3 is 5.32 Å². The van der Waals surface area contributed by atoms with E-state index in [2.05, 4.69) is 31.4 Å². The lowest BCUT2D eigenvalue weighted by Gasteiger charge is -2.11. The molecule has 0 aliphatic rings. The van der Waals surface area contributed by atoms with Crippen molar-refractivity contribution in [1.82, 2.24) is 19.6 Å². The number of anilines is 1. The van der Waals surface area contributed by atoms with Crippen LogP contribution in [-0.4, -0.2) is 25.5 Å². The Hall–Kier alpha value is -3.19. The van der Waals surface area contributed by atoms with E-state index >= 15 is 0 Å². The molecule has 0 saturated heterocycles. The number of hydrogen-bond donors (Lipinski definition) is 1. The van der Waals surface area contributed by atoms with Gasteiger partial charge in [-0.2, -0.15) is 10.2 Å². The van der Waals surface area contributed by atoms with Crippen molar-refractivity contribution in [3.05, 3.63) is 87.3 Å². The van der Waals surface area contributed by atoms with Crippen LogP contribution in [0.3, 0.4) is 0 Å². The van der Waals surface area contributed by atoms with Crippen LogP contribution < -0.4 is 5.32 Å². The van der Waals surface area contributed by atoms with Crippen LogP contribution in [0.15, 0.2) is 59.1 Å². The van der Waals surface area contributed by atoms with Gasteiger partial charge in [0.2, 0.25) is 0 Å². The fraction of sp³-hybridized carbons (Fsp3) is 0.208. The van der Waals surface area contributed by atoms with Gasteiger partial charge in [0, 0.05) is 28.3 Å². The smallest absolute Gasteiger partial charge is 0.256 e. The molecule has 0 spiro atoms. The zero-order valence-corrected chi connectivity index (χ0v) is 19.6. The summed E-state index contributed by atoms with van der Waals surface area (Å²) in [6.45, 7) is 6.58. The second kappa shape index (κ2) is 8.51. The van der Waals surface area contributed by atoms with Crippen molar-refractivity contribution >= 4 is 27.7 Å². The van der Waals surface area contributed by atoms with Gasteiger partial charge >= 0.3 is 0 Å². The van der Waals surface area contributed by atoms with Crippen molar-refractivity contribution in [2.24, 2.45) is 7.05 Å². The summed E-state index contributed by atoms with van der Waals surface area (Å²) in [5.74, 6) is 0.505. The van der Waals surface area contributed by atoms with E-state index in [1.807, 2.05) is 87.1 Å². The summed E-state index contributed by atoms with van der Waals surface area (Å²) in [4.78, 5) is 13.1. The Morgan fingerprint density at radius 1 is 1.03 bits per heavy atom. The molecular formula is C24H24BrN5O. The molecule has 1 amide bonds. The largest absolute Gasteiger partial charge is 0.306 e. The summed E-state index contributed by atoms with van der Waals surface area (Å²) in [6.07, 6.45) is 0. The molecule has 7 heteroatoms. The fourth-order valence-corrected chi connectivity index (χ4v) is 4.03. The third-order valence-corrected chi connectivity index (χ3v) is 5.74.